The van der Waals surface area contributed by atoms with Gasteiger partial charge in [0.15, 0.2) is 0 Å². The lowest BCUT2D eigenvalue weighted by molar-refractivity contribution is 0.390. The maximum Gasteiger partial charge on any atom is 0.132 e. The Bertz CT molecular complexity index is 2210. The van der Waals surface area contributed by atoms with Crippen LogP contribution in [-0.4, -0.2) is 34.7 Å². The van der Waals surface area contributed by atoms with E-state index < -0.39 is 0 Å². The Kier molecular flexibility index (Phi) is 8.81. The van der Waals surface area contributed by atoms with Crippen molar-refractivity contribution in [2.45, 2.75) is 70.9 Å². The lowest BCUT2D eigenvalue weighted by Gasteiger charge is -2.26. The van der Waals surface area contributed by atoms with Crippen LogP contribution in [0.15, 0.2) is 119 Å². The third-order valence-electron chi connectivity index (χ3n) is 9.95. The largest absolute Gasteiger partial charge is 0.507 e. The van der Waals surface area contributed by atoms with E-state index in [1.807, 2.05) is 54.9 Å². The Hall–Kier alpha value is -5.22. The van der Waals surface area contributed by atoms with Crippen LogP contribution in [0.5, 0.6) is 11.5 Å². The number of benzene rings is 6. The maximum absolute atomic E-state index is 11.7. The molecule has 0 aromatic heterocycles. The molecule has 0 aliphatic heterocycles. The zero-order valence-corrected chi connectivity index (χ0v) is 28.8. The van der Waals surface area contributed by atoms with Crippen molar-refractivity contribution in [3.05, 3.63) is 131 Å². The molecule has 246 valence electrons. The standard InChI is InChI=1S/C45H44N2O2/c1-29-23-32(43(48)39(24-29)37-19-11-15-30-13-5-7-17-35(30)37)27-46-41-21-9-10-22-42(41)47-28-33-25-34(45(2,3)4)26-40(44(33)49)38-20-12-16-31-14-6-8-18-36(31)38/h5-8,11-20,23-28,41-42,48-49H,9-10,21-22H2,1-4H3/t41-,42-/m1/s1. The second-order valence-corrected chi connectivity index (χ2v) is 14.5. The van der Waals surface area contributed by atoms with Gasteiger partial charge in [0.1, 0.15) is 11.5 Å². The number of aromatic hydroxyl groups is 2. The summed E-state index contributed by atoms with van der Waals surface area (Å²) in [6, 6.07) is 37.3. The number of hydrogen-bond donors (Lipinski definition) is 2. The molecule has 1 fully saturated rings. The van der Waals surface area contributed by atoms with Gasteiger partial charge in [0, 0.05) is 34.7 Å². The fraction of sp³-hybridized carbons (Fsp3) is 0.244. The van der Waals surface area contributed by atoms with Crippen LogP contribution in [-0.2, 0) is 5.41 Å². The van der Waals surface area contributed by atoms with E-state index >= 15 is 0 Å². The molecule has 7 rings (SSSR count). The highest BCUT2D eigenvalue weighted by atomic mass is 16.3. The summed E-state index contributed by atoms with van der Waals surface area (Å²) in [5, 5.41) is 27.8. The van der Waals surface area contributed by atoms with Crippen LogP contribution in [0.25, 0.3) is 43.8 Å². The number of fused-ring (bicyclic) bond motifs is 2. The van der Waals surface area contributed by atoms with Gasteiger partial charge in [-0.15, -0.1) is 0 Å². The van der Waals surface area contributed by atoms with Gasteiger partial charge in [-0.05, 0) is 93.2 Å². The lowest BCUT2D eigenvalue weighted by Crippen LogP contribution is -2.27. The average molecular weight is 645 g/mol. The number of hydrogen-bond acceptors (Lipinski definition) is 4. The molecular formula is C45H44N2O2. The van der Waals surface area contributed by atoms with Crippen molar-refractivity contribution in [1.29, 1.82) is 0 Å². The second-order valence-electron chi connectivity index (χ2n) is 14.5. The van der Waals surface area contributed by atoms with Gasteiger partial charge in [0.2, 0.25) is 0 Å². The van der Waals surface area contributed by atoms with Gasteiger partial charge in [-0.2, -0.15) is 0 Å². The summed E-state index contributed by atoms with van der Waals surface area (Å²) in [5.74, 6) is 0.487. The molecule has 0 unspecified atom stereocenters. The summed E-state index contributed by atoms with van der Waals surface area (Å²) in [5.41, 5.74) is 7.18. The fourth-order valence-corrected chi connectivity index (χ4v) is 7.22. The zero-order chi connectivity index (χ0) is 34.1. The molecule has 6 aromatic carbocycles. The van der Waals surface area contributed by atoms with Crippen LogP contribution >= 0.6 is 0 Å². The molecule has 0 spiro atoms. The predicted octanol–water partition coefficient (Wildman–Crippen LogP) is 11.2. The SMILES string of the molecule is Cc1cc(C=N[C@@H]2CCCC[C@H]2N=Cc2cc(C(C)(C)C)cc(-c3cccc4ccccc34)c2O)c(O)c(-c2cccc3ccccc23)c1. The molecule has 4 nitrogen and oxygen atoms in total. The Morgan fingerprint density at radius 1 is 0.571 bits per heavy atom. The van der Waals surface area contributed by atoms with Crippen molar-refractivity contribution in [2.75, 3.05) is 0 Å². The van der Waals surface area contributed by atoms with Crippen LogP contribution in [0.2, 0.25) is 0 Å². The quantitative estimate of drug-likeness (QED) is 0.177. The summed E-state index contributed by atoms with van der Waals surface area (Å²) in [6.07, 6.45) is 7.73. The monoisotopic (exact) mass is 644 g/mol. The molecule has 1 aliphatic rings. The molecule has 2 N–H and O–H groups in total. The first-order chi connectivity index (χ1) is 23.7. The van der Waals surface area contributed by atoms with Gasteiger partial charge < -0.3 is 10.2 Å². The van der Waals surface area contributed by atoms with Crippen molar-refractivity contribution in [2.24, 2.45) is 9.98 Å². The Morgan fingerprint density at radius 3 is 1.57 bits per heavy atom. The number of nitrogens with zero attached hydrogens (tertiary/aromatic N) is 2. The second kappa shape index (κ2) is 13.4. The van der Waals surface area contributed by atoms with E-state index in [2.05, 4.69) is 94.4 Å². The lowest BCUT2D eigenvalue weighted by atomic mass is 9.83. The van der Waals surface area contributed by atoms with Crippen molar-refractivity contribution in [1.82, 2.24) is 0 Å². The molecular weight excluding hydrogens is 601 g/mol. The zero-order valence-electron chi connectivity index (χ0n) is 28.8. The van der Waals surface area contributed by atoms with E-state index in [0.29, 0.717) is 5.56 Å². The van der Waals surface area contributed by atoms with E-state index in [1.165, 1.54) is 0 Å². The van der Waals surface area contributed by atoms with Crippen molar-refractivity contribution >= 4 is 34.0 Å². The minimum Gasteiger partial charge on any atom is -0.507 e. The smallest absolute Gasteiger partial charge is 0.132 e. The highest BCUT2D eigenvalue weighted by Gasteiger charge is 2.25. The molecule has 49 heavy (non-hydrogen) atoms. The molecule has 1 aliphatic carbocycles. The van der Waals surface area contributed by atoms with Gasteiger partial charge in [0.25, 0.3) is 0 Å². The third kappa shape index (κ3) is 6.61. The topological polar surface area (TPSA) is 65.2 Å². The molecule has 0 amide bonds. The molecule has 4 heteroatoms. The van der Waals surface area contributed by atoms with Crippen LogP contribution in [0.4, 0.5) is 0 Å². The third-order valence-corrected chi connectivity index (χ3v) is 9.95. The Labute approximate surface area is 289 Å². The van der Waals surface area contributed by atoms with Gasteiger partial charge in [-0.25, -0.2) is 0 Å². The molecule has 6 aromatic rings. The van der Waals surface area contributed by atoms with Crippen LogP contribution in [0.3, 0.4) is 0 Å². The highest BCUT2D eigenvalue weighted by Crippen LogP contribution is 2.40. The first-order valence-electron chi connectivity index (χ1n) is 17.4. The minimum absolute atomic E-state index is 0.0172. The number of phenolic OH excluding ortho intramolecular Hbond substituents is 2. The summed E-state index contributed by atoms with van der Waals surface area (Å²) in [4.78, 5) is 10.2. The molecule has 0 heterocycles. The molecule has 0 saturated heterocycles. The van der Waals surface area contributed by atoms with Crippen molar-refractivity contribution in [3.63, 3.8) is 0 Å². The fourth-order valence-electron chi connectivity index (χ4n) is 7.22. The van der Waals surface area contributed by atoms with Crippen molar-refractivity contribution in [3.8, 4) is 33.8 Å². The van der Waals surface area contributed by atoms with E-state index in [0.717, 1.165) is 86.2 Å². The van der Waals surface area contributed by atoms with Crippen LogP contribution in [0, 0.1) is 6.92 Å². The van der Waals surface area contributed by atoms with Gasteiger partial charge in [-0.1, -0.05) is 119 Å². The van der Waals surface area contributed by atoms with Crippen molar-refractivity contribution < 1.29 is 10.2 Å². The van der Waals surface area contributed by atoms with E-state index in [4.69, 9.17) is 9.98 Å². The summed E-state index contributed by atoms with van der Waals surface area (Å²) in [6.45, 7) is 8.66. The van der Waals surface area contributed by atoms with E-state index in [9.17, 15) is 10.2 Å². The molecule has 0 radical (unpaired) electrons. The number of aliphatic imine (C=N–C) groups is 2. The van der Waals surface area contributed by atoms with Gasteiger partial charge >= 0.3 is 0 Å². The Morgan fingerprint density at radius 2 is 1.04 bits per heavy atom. The number of phenols is 2. The normalized spacial score (nSPS) is 17.1. The van der Waals surface area contributed by atoms with Crippen LogP contribution in [0.1, 0.15) is 68.7 Å². The predicted molar refractivity (Wildman–Crippen MR) is 207 cm³/mol. The first kappa shape index (κ1) is 32.3. The van der Waals surface area contributed by atoms with E-state index in [1.54, 1.807) is 0 Å². The van der Waals surface area contributed by atoms with Crippen LogP contribution < -0.4 is 0 Å². The summed E-state index contributed by atoms with van der Waals surface area (Å²) < 4.78 is 0. The van der Waals surface area contributed by atoms with E-state index in [-0.39, 0.29) is 29.0 Å². The van der Waals surface area contributed by atoms with Gasteiger partial charge in [0.05, 0.1) is 12.1 Å². The minimum atomic E-state index is -0.117. The number of rotatable bonds is 6. The number of aryl methyl sites for hydroxylation is 1. The average Bonchev–Trinajstić information content (AvgIpc) is 3.11. The Balaban J connectivity index is 1.22. The highest BCUT2D eigenvalue weighted by molar-refractivity contribution is 6.01. The van der Waals surface area contributed by atoms with Gasteiger partial charge in [-0.3, -0.25) is 9.98 Å². The maximum atomic E-state index is 11.7. The molecule has 0 bridgehead atoms. The summed E-state index contributed by atoms with van der Waals surface area (Å²) >= 11 is 0. The molecule has 2 atom stereocenters. The first-order valence-corrected chi connectivity index (χ1v) is 17.4. The summed E-state index contributed by atoms with van der Waals surface area (Å²) in [7, 11) is 0. The molecule has 1 saturated carbocycles.